The molecule has 1 unspecified atom stereocenters. The lowest BCUT2D eigenvalue weighted by atomic mass is 9.80. The quantitative estimate of drug-likeness (QED) is 0.787. The molecule has 0 saturated carbocycles. The number of hydrogen-bond acceptors (Lipinski definition) is 3. The fourth-order valence-electron chi connectivity index (χ4n) is 2.13. The second-order valence-corrected chi connectivity index (χ2v) is 7.39. The molecule has 0 amide bonds. The van der Waals surface area contributed by atoms with Crippen LogP contribution in [0.15, 0.2) is 16.7 Å². The maximum atomic E-state index is 6.05. The van der Waals surface area contributed by atoms with E-state index >= 15 is 0 Å². The van der Waals surface area contributed by atoms with E-state index in [4.69, 9.17) is 9.31 Å². The van der Waals surface area contributed by atoms with Crippen molar-refractivity contribution in [3.05, 3.63) is 22.4 Å². The van der Waals surface area contributed by atoms with E-state index in [0.717, 1.165) is 22.1 Å². The zero-order valence-corrected chi connectivity index (χ0v) is 14.7. The molecule has 1 saturated heterocycles. The predicted molar refractivity (Wildman–Crippen MR) is 86.4 cm³/mol. The van der Waals surface area contributed by atoms with Crippen molar-refractivity contribution in [1.82, 2.24) is 4.98 Å². The first-order valence-corrected chi connectivity index (χ1v) is 7.98. The van der Waals surface area contributed by atoms with Crippen molar-refractivity contribution in [3.63, 3.8) is 0 Å². The molecule has 1 aliphatic rings. The first-order valence-electron chi connectivity index (χ1n) is 7.19. The molecule has 5 heteroatoms. The van der Waals surface area contributed by atoms with Crippen LogP contribution < -0.4 is 5.46 Å². The zero-order valence-electron chi connectivity index (χ0n) is 13.2. The Balaban J connectivity index is 2.26. The number of aromatic nitrogens is 1. The van der Waals surface area contributed by atoms with E-state index in [1.165, 1.54) is 0 Å². The van der Waals surface area contributed by atoms with E-state index in [2.05, 4.69) is 68.5 Å². The van der Waals surface area contributed by atoms with Crippen molar-refractivity contribution >= 4 is 28.5 Å². The standard InChI is InChI=1S/C15H23BBrNO2/c1-7-10(2)13-12(17)8-11(9-18-13)16-19-14(3,4)15(5,6)20-16/h8-10H,7H2,1-6H3. The van der Waals surface area contributed by atoms with Crippen LogP contribution in [-0.4, -0.2) is 23.3 Å². The minimum atomic E-state index is -0.352. The molecule has 110 valence electrons. The normalized spacial score (nSPS) is 22.1. The van der Waals surface area contributed by atoms with E-state index in [1.807, 2.05) is 6.20 Å². The lowest BCUT2D eigenvalue weighted by Crippen LogP contribution is -2.41. The highest BCUT2D eigenvalue weighted by molar-refractivity contribution is 9.10. The fourth-order valence-corrected chi connectivity index (χ4v) is 2.88. The number of halogens is 1. The molecule has 0 aromatic carbocycles. The summed E-state index contributed by atoms with van der Waals surface area (Å²) in [6.07, 6.45) is 2.94. The van der Waals surface area contributed by atoms with Crippen LogP contribution in [-0.2, 0) is 9.31 Å². The third-order valence-corrected chi connectivity index (χ3v) is 5.13. The summed E-state index contributed by atoms with van der Waals surface area (Å²) >= 11 is 3.62. The molecule has 2 rings (SSSR count). The molecule has 3 nitrogen and oxygen atoms in total. The second kappa shape index (κ2) is 5.43. The van der Waals surface area contributed by atoms with Gasteiger partial charge in [0, 0.05) is 16.1 Å². The van der Waals surface area contributed by atoms with Gasteiger partial charge in [0.15, 0.2) is 0 Å². The molecular weight excluding hydrogens is 317 g/mol. The molecule has 1 fully saturated rings. The summed E-state index contributed by atoms with van der Waals surface area (Å²) in [5.41, 5.74) is 1.41. The Kier molecular flexibility index (Phi) is 4.34. The summed E-state index contributed by atoms with van der Waals surface area (Å²) in [7, 11) is -0.352. The lowest BCUT2D eigenvalue weighted by Gasteiger charge is -2.32. The predicted octanol–water partition coefficient (Wildman–Crippen LogP) is 3.66. The smallest absolute Gasteiger partial charge is 0.399 e. The SMILES string of the molecule is CCC(C)c1ncc(B2OC(C)(C)C(C)(C)O2)cc1Br. The van der Waals surface area contributed by atoms with Crippen molar-refractivity contribution in [1.29, 1.82) is 0 Å². The Morgan fingerprint density at radius 3 is 2.25 bits per heavy atom. The monoisotopic (exact) mass is 339 g/mol. The summed E-state index contributed by atoms with van der Waals surface area (Å²) in [4.78, 5) is 4.58. The lowest BCUT2D eigenvalue weighted by molar-refractivity contribution is 0.00578. The van der Waals surface area contributed by atoms with E-state index in [0.29, 0.717) is 5.92 Å². The third-order valence-electron chi connectivity index (χ3n) is 4.50. The zero-order chi connectivity index (χ0) is 15.1. The van der Waals surface area contributed by atoms with Crippen LogP contribution in [0, 0.1) is 0 Å². The summed E-state index contributed by atoms with van der Waals surface area (Å²) in [6.45, 7) is 12.6. The van der Waals surface area contributed by atoms with Gasteiger partial charge in [0.1, 0.15) is 0 Å². The highest BCUT2D eigenvalue weighted by Gasteiger charge is 2.51. The van der Waals surface area contributed by atoms with E-state index in [1.54, 1.807) is 0 Å². The van der Waals surface area contributed by atoms with Crippen molar-refractivity contribution in [2.45, 2.75) is 65.1 Å². The number of nitrogens with zero attached hydrogens (tertiary/aromatic N) is 1. The van der Waals surface area contributed by atoms with Gasteiger partial charge in [0.05, 0.1) is 16.9 Å². The Morgan fingerprint density at radius 1 is 1.25 bits per heavy atom. The van der Waals surface area contributed by atoms with Crippen molar-refractivity contribution < 1.29 is 9.31 Å². The molecule has 1 aliphatic heterocycles. The average molecular weight is 340 g/mol. The summed E-state index contributed by atoms with van der Waals surface area (Å²) in [5, 5.41) is 0. The maximum Gasteiger partial charge on any atom is 0.496 e. The van der Waals surface area contributed by atoms with Gasteiger partial charge >= 0.3 is 7.12 Å². The van der Waals surface area contributed by atoms with Crippen LogP contribution >= 0.6 is 15.9 Å². The molecule has 0 radical (unpaired) electrons. The van der Waals surface area contributed by atoms with Gasteiger partial charge in [-0.1, -0.05) is 13.8 Å². The van der Waals surface area contributed by atoms with Gasteiger partial charge in [-0.25, -0.2) is 0 Å². The highest BCUT2D eigenvalue weighted by Crippen LogP contribution is 2.36. The van der Waals surface area contributed by atoms with Gasteiger partial charge in [-0.2, -0.15) is 0 Å². The van der Waals surface area contributed by atoms with Gasteiger partial charge in [-0.05, 0) is 62.0 Å². The van der Waals surface area contributed by atoms with Gasteiger partial charge < -0.3 is 9.31 Å². The Hall–Kier alpha value is -0.385. The van der Waals surface area contributed by atoms with Crippen LogP contribution in [0.25, 0.3) is 0 Å². The first kappa shape index (κ1) is 16.0. The molecule has 2 heterocycles. The maximum absolute atomic E-state index is 6.05. The van der Waals surface area contributed by atoms with Gasteiger partial charge in [-0.3, -0.25) is 4.98 Å². The van der Waals surface area contributed by atoms with E-state index in [9.17, 15) is 0 Å². The van der Waals surface area contributed by atoms with Gasteiger partial charge in [-0.15, -0.1) is 0 Å². The minimum absolute atomic E-state index is 0.320. The third kappa shape index (κ3) is 2.81. The Labute approximate surface area is 130 Å². The van der Waals surface area contributed by atoms with Crippen molar-refractivity contribution in [3.8, 4) is 0 Å². The summed E-state index contributed by atoms with van der Waals surface area (Å²) in [5.74, 6) is 0.441. The molecule has 0 N–H and O–H groups in total. The summed E-state index contributed by atoms with van der Waals surface area (Å²) < 4.78 is 13.1. The molecule has 1 aromatic rings. The van der Waals surface area contributed by atoms with Crippen LogP contribution in [0.4, 0.5) is 0 Å². The topological polar surface area (TPSA) is 31.4 Å². The minimum Gasteiger partial charge on any atom is -0.399 e. The molecule has 1 atom stereocenters. The molecule has 0 bridgehead atoms. The fraction of sp³-hybridized carbons (Fsp3) is 0.667. The Morgan fingerprint density at radius 2 is 1.80 bits per heavy atom. The molecule has 0 aliphatic carbocycles. The number of rotatable bonds is 3. The second-order valence-electron chi connectivity index (χ2n) is 6.53. The first-order chi connectivity index (χ1) is 9.18. The highest BCUT2D eigenvalue weighted by atomic mass is 79.9. The average Bonchev–Trinajstić information content (AvgIpc) is 2.57. The van der Waals surface area contributed by atoms with E-state index < -0.39 is 0 Å². The van der Waals surface area contributed by atoms with Crippen LogP contribution in [0.5, 0.6) is 0 Å². The van der Waals surface area contributed by atoms with Gasteiger partial charge in [0.2, 0.25) is 0 Å². The van der Waals surface area contributed by atoms with Crippen molar-refractivity contribution in [2.75, 3.05) is 0 Å². The molecule has 1 aromatic heterocycles. The van der Waals surface area contributed by atoms with Crippen LogP contribution in [0.2, 0.25) is 0 Å². The number of pyridine rings is 1. The van der Waals surface area contributed by atoms with Crippen LogP contribution in [0.1, 0.15) is 59.6 Å². The summed E-state index contributed by atoms with van der Waals surface area (Å²) in [6, 6.07) is 2.07. The van der Waals surface area contributed by atoms with Crippen molar-refractivity contribution in [2.24, 2.45) is 0 Å². The number of hydrogen-bond donors (Lipinski definition) is 0. The van der Waals surface area contributed by atoms with Gasteiger partial charge in [0.25, 0.3) is 0 Å². The van der Waals surface area contributed by atoms with Crippen LogP contribution in [0.3, 0.4) is 0 Å². The molecule has 0 spiro atoms. The molecular formula is C15H23BBrNO2. The Bertz CT molecular complexity index is 489. The van der Waals surface area contributed by atoms with E-state index in [-0.39, 0.29) is 18.3 Å². The molecule has 20 heavy (non-hydrogen) atoms. The largest absolute Gasteiger partial charge is 0.496 e.